The Kier molecular flexibility index (Phi) is 4.30. The van der Waals surface area contributed by atoms with Gasteiger partial charge in [-0.3, -0.25) is 0 Å². The molecule has 0 radical (unpaired) electrons. The molecule has 0 aromatic heterocycles. The van der Waals surface area contributed by atoms with Gasteiger partial charge in [-0.15, -0.1) is 11.8 Å². The first-order chi connectivity index (χ1) is 8.56. The number of nitrogen functional groups attached to an aromatic ring is 1. The van der Waals surface area contributed by atoms with Gasteiger partial charge in [0, 0.05) is 20.8 Å². The fraction of sp³-hybridized carbons (Fsp3) is 0.143. The Labute approximate surface area is 119 Å². The maximum atomic E-state index is 13.2. The van der Waals surface area contributed by atoms with E-state index in [1.807, 2.05) is 25.1 Å². The maximum Gasteiger partial charge on any atom is 0.123 e. The minimum atomic E-state index is -0.217. The van der Waals surface area contributed by atoms with Crippen LogP contribution in [0.15, 0.2) is 45.8 Å². The minimum absolute atomic E-state index is 0.217. The van der Waals surface area contributed by atoms with E-state index in [1.54, 1.807) is 23.9 Å². The molecule has 94 valence electrons. The normalized spacial score (nSPS) is 10.6. The molecule has 0 spiro atoms. The Balaban J connectivity index is 2.13. The van der Waals surface area contributed by atoms with Gasteiger partial charge in [0.15, 0.2) is 0 Å². The molecule has 4 heteroatoms. The van der Waals surface area contributed by atoms with Crippen molar-refractivity contribution in [3.63, 3.8) is 0 Å². The van der Waals surface area contributed by atoms with Gasteiger partial charge in [0.1, 0.15) is 5.82 Å². The zero-order chi connectivity index (χ0) is 13.1. The summed E-state index contributed by atoms with van der Waals surface area (Å²) in [6, 6.07) is 10.7. The van der Waals surface area contributed by atoms with E-state index in [0.29, 0.717) is 5.75 Å². The summed E-state index contributed by atoms with van der Waals surface area (Å²) in [6.45, 7) is 2.01. The quantitative estimate of drug-likeness (QED) is 0.649. The summed E-state index contributed by atoms with van der Waals surface area (Å²) < 4.78 is 14.1. The average molecular weight is 326 g/mol. The predicted octanol–water partition coefficient (Wildman–Crippen LogP) is 4.77. The van der Waals surface area contributed by atoms with Crippen LogP contribution >= 0.6 is 27.7 Å². The number of hydrogen-bond donors (Lipinski definition) is 1. The van der Waals surface area contributed by atoms with Crippen LogP contribution in [-0.2, 0) is 5.75 Å². The summed E-state index contributed by atoms with van der Waals surface area (Å²) in [5.41, 5.74) is 8.79. The van der Waals surface area contributed by atoms with Crippen LogP contribution in [0.5, 0.6) is 0 Å². The third kappa shape index (κ3) is 3.27. The molecule has 0 aliphatic carbocycles. The van der Waals surface area contributed by atoms with Crippen LogP contribution in [0, 0.1) is 12.7 Å². The highest BCUT2D eigenvalue weighted by Crippen LogP contribution is 2.31. The molecule has 2 aromatic carbocycles. The van der Waals surface area contributed by atoms with Crippen LogP contribution in [0.1, 0.15) is 11.1 Å². The lowest BCUT2D eigenvalue weighted by molar-refractivity contribution is 0.626. The first-order valence-corrected chi connectivity index (χ1v) is 7.27. The van der Waals surface area contributed by atoms with E-state index in [1.165, 1.54) is 6.07 Å². The molecule has 0 fully saturated rings. The lowest BCUT2D eigenvalue weighted by Gasteiger charge is -2.08. The second-order valence-electron chi connectivity index (χ2n) is 4.07. The average Bonchev–Trinajstić information content (AvgIpc) is 2.32. The number of anilines is 1. The largest absolute Gasteiger partial charge is 0.398 e. The molecule has 0 amide bonds. The van der Waals surface area contributed by atoms with E-state index in [0.717, 1.165) is 26.2 Å². The van der Waals surface area contributed by atoms with Gasteiger partial charge in [-0.2, -0.15) is 0 Å². The van der Waals surface area contributed by atoms with E-state index in [9.17, 15) is 4.39 Å². The number of benzene rings is 2. The molecular formula is C14H13BrFNS. The number of thioether (sulfide) groups is 1. The first-order valence-electron chi connectivity index (χ1n) is 5.49. The van der Waals surface area contributed by atoms with Crippen molar-refractivity contribution < 1.29 is 4.39 Å². The van der Waals surface area contributed by atoms with E-state index >= 15 is 0 Å². The monoisotopic (exact) mass is 325 g/mol. The van der Waals surface area contributed by atoms with Crippen molar-refractivity contribution in [1.82, 2.24) is 0 Å². The summed E-state index contributed by atoms with van der Waals surface area (Å²) in [6.07, 6.45) is 0. The lowest BCUT2D eigenvalue weighted by atomic mass is 10.2. The number of aryl methyl sites for hydroxylation is 1. The van der Waals surface area contributed by atoms with Crippen LogP contribution in [0.25, 0.3) is 0 Å². The van der Waals surface area contributed by atoms with Crippen molar-refractivity contribution in [2.45, 2.75) is 17.6 Å². The zero-order valence-electron chi connectivity index (χ0n) is 9.91. The van der Waals surface area contributed by atoms with Crippen LogP contribution < -0.4 is 5.73 Å². The van der Waals surface area contributed by atoms with Crippen LogP contribution in [0.2, 0.25) is 0 Å². The molecule has 0 heterocycles. The highest BCUT2D eigenvalue weighted by Gasteiger charge is 2.05. The molecule has 18 heavy (non-hydrogen) atoms. The second-order valence-corrected chi connectivity index (χ2v) is 5.94. The zero-order valence-corrected chi connectivity index (χ0v) is 12.3. The second kappa shape index (κ2) is 5.76. The molecule has 2 rings (SSSR count). The fourth-order valence-electron chi connectivity index (χ4n) is 1.61. The molecule has 2 aromatic rings. The summed E-state index contributed by atoms with van der Waals surface area (Å²) in [5.74, 6) is 0.469. The van der Waals surface area contributed by atoms with Gasteiger partial charge < -0.3 is 5.73 Å². The third-order valence-corrected chi connectivity index (χ3v) is 4.47. The minimum Gasteiger partial charge on any atom is -0.398 e. The fourth-order valence-corrected chi connectivity index (χ4v) is 3.12. The van der Waals surface area contributed by atoms with Gasteiger partial charge in [-0.1, -0.05) is 22.0 Å². The van der Waals surface area contributed by atoms with Crippen LogP contribution in [-0.4, -0.2) is 0 Å². The molecule has 0 saturated carbocycles. The van der Waals surface area contributed by atoms with Gasteiger partial charge >= 0.3 is 0 Å². The Morgan fingerprint density at radius 1 is 1.22 bits per heavy atom. The van der Waals surface area contributed by atoms with Crippen LogP contribution in [0.3, 0.4) is 0 Å². The van der Waals surface area contributed by atoms with E-state index in [4.69, 9.17) is 5.73 Å². The summed E-state index contributed by atoms with van der Waals surface area (Å²) >= 11 is 5.03. The van der Waals surface area contributed by atoms with Crippen LogP contribution in [0.4, 0.5) is 10.1 Å². The molecule has 0 unspecified atom stereocenters. The molecule has 2 N–H and O–H groups in total. The van der Waals surface area contributed by atoms with Gasteiger partial charge in [-0.05, 0) is 48.4 Å². The first kappa shape index (κ1) is 13.4. The Hall–Kier alpha value is -1.00. The SMILES string of the molecule is Cc1ccc(SCc2cc(F)ccc2Br)c(N)c1. The lowest BCUT2D eigenvalue weighted by Crippen LogP contribution is -1.91. The smallest absolute Gasteiger partial charge is 0.123 e. The molecule has 0 atom stereocenters. The topological polar surface area (TPSA) is 26.0 Å². The van der Waals surface area contributed by atoms with E-state index < -0.39 is 0 Å². The van der Waals surface area contributed by atoms with Crippen molar-refractivity contribution in [1.29, 1.82) is 0 Å². The van der Waals surface area contributed by atoms with E-state index in [2.05, 4.69) is 15.9 Å². The Morgan fingerprint density at radius 3 is 2.72 bits per heavy atom. The summed E-state index contributed by atoms with van der Waals surface area (Å²) in [4.78, 5) is 1.02. The number of hydrogen-bond acceptors (Lipinski definition) is 2. The van der Waals surface area contributed by atoms with Gasteiger partial charge in [0.2, 0.25) is 0 Å². The van der Waals surface area contributed by atoms with Crippen molar-refractivity contribution in [3.05, 3.63) is 57.8 Å². The molecule has 1 nitrogen and oxygen atoms in total. The van der Waals surface area contributed by atoms with Crippen molar-refractivity contribution >= 4 is 33.4 Å². The summed E-state index contributed by atoms with van der Waals surface area (Å²) in [7, 11) is 0. The maximum absolute atomic E-state index is 13.2. The summed E-state index contributed by atoms with van der Waals surface area (Å²) in [5, 5.41) is 0. The third-order valence-electron chi connectivity index (χ3n) is 2.56. The molecule has 0 saturated heterocycles. The molecule has 0 bridgehead atoms. The van der Waals surface area contributed by atoms with Crippen molar-refractivity contribution in [3.8, 4) is 0 Å². The van der Waals surface area contributed by atoms with E-state index in [-0.39, 0.29) is 5.82 Å². The molecule has 0 aliphatic rings. The van der Waals surface area contributed by atoms with Crippen molar-refractivity contribution in [2.24, 2.45) is 0 Å². The molecule has 0 aliphatic heterocycles. The van der Waals surface area contributed by atoms with Gasteiger partial charge in [-0.25, -0.2) is 4.39 Å². The number of rotatable bonds is 3. The van der Waals surface area contributed by atoms with Gasteiger partial charge in [0.05, 0.1) is 0 Å². The number of nitrogens with two attached hydrogens (primary N) is 1. The Bertz CT molecular complexity index is 572. The highest BCUT2D eigenvalue weighted by atomic mass is 79.9. The standard InChI is InChI=1S/C14H13BrFNS/c1-9-2-5-14(13(17)6-9)18-8-10-7-11(16)3-4-12(10)15/h2-7H,8,17H2,1H3. The Morgan fingerprint density at radius 2 is 2.00 bits per heavy atom. The molecular weight excluding hydrogens is 313 g/mol. The van der Waals surface area contributed by atoms with Crippen molar-refractivity contribution in [2.75, 3.05) is 5.73 Å². The van der Waals surface area contributed by atoms with Gasteiger partial charge in [0.25, 0.3) is 0 Å². The highest BCUT2D eigenvalue weighted by molar-refractivity contribution is 9.10. The predicted molar refractivity (Wildman–Crippen MR) is 79.3 cm³/mol. The number of halogens is 2.